The first-order valence-electron chi connectivity index (χ1n) is 19.0. The minimum Gasteiger partial charge on any atom is -0.309 e. The van der Waals surface area contributed by atoms with E-state index in [0.717, 1.165) is 16.7 Å². The number of para-hydroxylation sites is 2. The molecule has 0 bridgehead atoms. The Bertz CT molecular complexity index is 3410. The van der Waals surface area contributed by atoms with Crippen molar-refractivity contribution in [3.05, 3.63) is 182 Å². The second-order valence-electron chi connectivity index (χ2n) is 14.4. The number of hydrogen-bond acceptors (Lipinski definition) is 5. The number of nitrogens with zero attached hydrogens (tertiary/aromatic N) is 4. The van der Waals surface area contributed by atoms with E-state index < -0.39 is 0 Å². The molecule has 12 rings (SSSR count). The average molecular weight is 763 g/mol. The molecule has 0 spiro atoms. The van der Waals surface area contributed by atoms with Gasteiger partial charge in [0.1, 0.15) is 0 Å². The first kappa shape index (κ1) is 32.3. The highest BCUT2D eigenvalue weighted by atomic mass is 32.1. The fourth-order valence-electron chi connectivity index (χ4n) is 8.45. The molecule has 0 amide bonds. The topological polar surface area (TPSA) is 43.6 Å². The van der Waals surface area contributed by atoms with Crippen LogP contribution in [0.25, 0.3) is 113 Å². The molecule has 4 heterocycles. The minimum atomic E-state index is 0.664. The van der Waals surface area contributed by atoms with Gasteiger partial charge in [-0.3, -0.25) is 0 Å². The van der Waals surface area contributed by atoms with Crippen molar-refractivity contribution < 1.29 is 0 Å². The SMILES string of the molecule is c1ccc(-c2nc(-c3ccccc3)nc(-c3ccc4c(c3)sc3c(-c5ccc6c(c5)sc5cccc(-n7c8ccccc8c8ccccc87)c56)cccc34)n2)cc1. The predicted molar refractivity (Wildman–Crippen MR) is 242 cm³/mol. The number of aromatic nitrogens is 4. The van der Waals surface area contributed by atoms with Crippen molar-refractivity contribution in [3.63, 3.8) is 0 Å². The molecule has 0 N–H and O–H groups in total. The molecule has 8 aromatic carbocycles. The number of hydrogen-bond donors (Lipinski definition) is 0. The van der Waals surface area contributed by atoms with Crippen molar-refractivity contribution in [1.29, 1.82) is 0 Å². The number of rotatable bonds is 5. The lowest BCUT2D eigenvalue weighted by molar-refractivity contribution is 1.07. The van der Waals surface area contributed by atoms with Gasteiger partial charge < -0.3 is 4.57 Å². The van der Waals surface area contributed by atoms with Crippen LogP contribution in [0.5, 0.6) is 0 Å². The van der Waals surface area contributed by atoms with Crippen molar-refractivity contribution in [2.75, 3.05) is 0 Å². The molecule has 6 heteroatoms. The first-order valence-corrected chi connectivity index (χ1v) is 20.7. The summed E-state index contributed by atoms with van der Waals surface area (Å²) in [6.07, 6.45) is 0. The molecule has 0 aliphatic rings. The zero-order valence-corrected chi connectivity index (χ0v) is 32.1. The van der Waals surface area contributed by atoms with Crippen molar-refractivity contribution in [2.24, 2.45) is 0 Å². The Morgan fingerprint density at radius 3 is 1.60 bits per heavy atom. The smallest absolute Gasteiger partial charge is 0.164 e. The fourth-order valence-corrected chi connectivity index (χ4v) is 10.9. The highest BCUT2D eigenvalue weighted by Gasteiger charge is 2.19. The third kappa shape index (κ3) is 5.15. The molecule has 0 aliphatic heterocycles. The van der Waals surface area contributed by atoms with Crippen molar-refractivity contribution >= 4 is 84.8 Å². The number of thiophene rings is 2. The summed E-state index contributed by atoms with van der Waals surface area (Å²) in [7, 11) is 0. The monoisotopic (exact) mass is 762 g/mol. The molecule has 0 aliphatic carbocycles. The van der Waals surface area contributed by atoms with E-state index in [1.165, 1.54) is 79.0 Å². The van der Waals surface area contributed by atoms with Crippen molar-refractivity contribution in [3.8, 4) is 51.0 Å². The van der Waals surface area contributed by atoms with Gasteiger partial charge in [0.05, 0.1) is 16.7 Å². The van der Waals surface area contributed by atoms with E-state index in [9.17, 15) is 0 Å². The van der Waals surface area contributed by atoms with E-state index in [1.807, 2.05) is 83.3 Å². The minimum absolute atomic E-state index is 0.664. The summed E-state index contributed by atoms with van der Waals surface area (Å²) < 4.78 is 7.51. The maximum absolute atomic E-state index is 5.01. The van der Waals surface area contributed by atoms with Gasteiger partial charge in [-0.15, -0.1) is 22.7 Å². The van der Waals surface area contributed by atoms with Gasteiger partial charge in [0.15, 0.2) is 17.5 Å². The van der Waals surface area contributed by atoms with E-state index in [1.54, 1.807) is 0 Å². The third-order valence-corrected chi connectivity index (χ3v) is 13.4. The van der Waals surface area contributed by atoms with Crippen LogP contribution in [0.1, 0.15) is 0 Å². The summed E-state index contributed by atoms with van der Waals surface area (Å²) in [5.74, 6) is 1.99. The van der Waals surface area contributed by atoms with Gasteiger partial charge in [-0.1, -0.05) is 146 Å². The lowest BCUT2D eigenvalue weighted by Crippen LogP contribution is -1.99. The standard InChI is InChI=1S/C51H30N4S2/c1-3-13-31(14-4-1)49-52-50(32-15-5-2-6-16-32)54-51(53-49)34-26-27-38-39-20-11-19-35(48(39)57-45(38)30-34)33-25-28-40-46(29-33)56-44-24-12-23-43(47(40)44)55-41-21-9-7-17-36(41)37-18-8-10-22-42(37)55/h1-30H. The summed E-state index contributed by atoms with van der Waals surface area (Å²) in [5, 5.41) is 7.63. The third-order valence-electron chi connectivity index (χ3n) is 11.1. The molecule has 0 unspecified atom stereocenters. The van der Waals surface area contributed by atoms with Crippen LogP contribution < -0.4 is 0 Å². The van der Waals surface area contributed by atoms with Crippen LogP contribution in [0.2, 0.25) is 0 Å². The zero-order valence-electron chi connectivity index (χ0n) is 30.4. The van der Waals surface area contributed by atoms with Gasteiger partial charge in [0, 0.05) is 67.8 Å². The van der Waals surface area contributed by atoms with E-state index >= 15 is 0 Å². The van der Waals surface area contributed by atoms with Crippen LogP contribution in [0.3, 0.4) is 0 Å². The van der Waals surface area contributed by atoms with Gasteiger partial charge >= 0.3 is 0 Å². The van der Waals surface area contributed by atoms with Crippen LogP contribution in [-0.2, 0) is 0 Å². The Labute approximate surface area is 335 Å². The molecule has 0 saturated heterocycles. The normalized spacial score (nSPS) is 11.9. The van der Waals surface area contributed by atoms with Gasteiger partial charge in [0.25, 0.3) is 0 Å². The predicted octanol–water partition coefficient (Wildman–Crippen LogP) is 14.4. The molecule has 0 atom stereocenters. The molecule has 12 aromatic rings. The number of benzene rings is 8. The summed E-state index contributed by atoms with van der Waals surface area (Å²) >= 11 is 3.71. The second kappa shape index (κ2) is 12.8. The summed E-state index contributed by atoms with van der Waals surface area (Å²) in [5.41, 5.74) is 9.04. The lowest BCUT2D eigenvalue weighted by Gasteiger charge is -2.10. The summed E-state index contributed by atoms with van der Waals surface area (Å²) in [6, 6.07) is 64.9. The van der Waals surface area contributed by atoms with Crippen LogP contribution in [0, 0.1) is 0 Å². The molecule has 4 nitrogen and oxygen atoms in total. The van der Waals surface area contributed by atoms with Gasteiger partial charge in [-0.25, -0.2) is 15.0 Å². The largest absolute Gasteiger partial charge is 0.309 e. The van der Waals surface area contributed by atoms with E-state index in [0.29, 0.717) is 17.5 Å². The summed E-state index contributed by atoms with van der Waals surface area (Å²) in [4.78, 5) is 14.9. The zero-order chi connectivity index (χ0) is 37.5. The molecule has 266 valence electrons. The molecule has 0 saturated carbocycles. The highest BCUT2D eigenvalue weighted by Crippen LogP contribution is 2.45. The van der Waals surface area contributed by atoms with Gasteiger partial charge in [-0.2, -0.15) is 0 Å². The Balaban J connectivity index is 0.986. The maximum atomic E-state index is 5.01. The van der Waals surface area contributed by atoms with Gasteiger partial charge in [-0.05, 0) is 47.5 Å². The second-order valence-corrected chi connectivity index (χ2v) is 16.5. The molecule has 0 radical (unpaired) electrons. The molecule has 0 fully saturated rings. The Morgan fingerprint density at radius 1 is 0.351 bits per heavy atom. The fraction of sp³-hybridized carbons (Fsp3) is 0. The van der Waals surface area contributed by atoms with Crippen LogP contribution in [-0.4, -0.2) is 19.5 Å². The first-order chi connectivity index (χ1) is 28.2. The summed E-state index contributed by atoms with van der Waals surface area (Å²) in [6.45, 7) is 0. The van der Waals surface area contributed by atoms with E-state index in [-0.39, 0.29) is 0 Å². The average Bonchev–Trinajstić information content (AvgIpc) is 3.96. The van der Waals surface area contributed by atoms with Crippen molar-refractivity contribution in [2.45, 2.75) is 0 Å². The van der Waals surface area contributed by atoms with Crippen LogP contribution in [0.15, 0.2) is 182 Å². The number of fused-ring (bicyclic) bond motifs is 9. The quantitative estimate of drug-likeness (QED) is 0.175. The van der Waals surface area contributed by atoms with E-state index in [4.69, 9.17) is 15.0 Å². The van der Waals surface area contributed by atoms with Crippen LogP contribution in [0.4, 0.5) is 0 Å². The molecular formula is C51H30N4S2. The molecular weight excluding hydrogens is 733 g/mol. The highest BCUT2D eigenvalue weighted by molar-refractivity contribution is 7.26. The lowest BCUT2D eigenvalue weighted by atomic mass is 10.0. The molecule has 57 heavy (non-hydrogen) atoms. The maximum Gasteiger partial charge on any atom is 0.164 e. The Hall–Kier alpha value is -6.99. The Morgan fingerprint density at radius 2 is 0.895 bits per heavy atom. The Kier molecular flexibility index (Phi) is 7.24. The van der Waals surface area contributed by atoms with Crippen molar-refractivity contribution in [1.82, 2.24) is 19.5 Å². The van der Waals surface area contributed by atoms with Crippen LogP contribution >= 0.6 is 22.7 Å². The molecule has 4 aromatic heterocycles. The van der Waals surface area contributed by atoms with E-state index in [2.05, 4.69) is 126 Å². The van der Waals surface area contributed by atoms with Gasteiger partial charge in [0.2, 0.25) is 0 Å².